The fourth-order valence-electron chi connectivity index (χ4n) is 15.9. The first kappa shape index (κ1) is 48.1. The van der Waals surface area contributed by atoms with Crippen LogP contribution in [-0.4, -0.2) is 0 Å². The fourth-order valence-corrected chi connectivity index (χ4v) is 15.9. The highest BCUT2D eigenvalue weighted by Gasteiger charge is 2.35. The predicted molar refractivity (Wildman–Crippen MR) is 366 cm³/mol. The number of hydrogen-bond acceptors (Lipinski definition) is 4. The quantitative estimate of drug-likeness (QED) is 0.161. The first-order valence-electron chi connectivity index (χ1n) is 30.7. The summed E-state index contributed by atoms with van der Waals surface area (Å²) in [4.78, 5) is 0. The second-order valence-electron chi connectivity index (χ2n) is 24.2. The molecule has 1 atom stereocenters. The fraction of sp³-hybridized carbons (Fsp3) is 0.0476. The zero-order valence-corrected chi connectivity index (χ0v) is 47.7. The van der Waals surface area contributed by atoms with Crippen molar-refractivity contribution >= 4 is 142 Å². The standard InChI is InChI=1S/C84H50O4/c1-3-17-47(18-4-1)75-53-21-7-11-25-57(53)77(58-26-12-8-22-54(58)75)51-34-41-71-68(44-51)63-39-38-61-62(82(63)86-71)40-42-72-79(61)66-36-32-50(45-73(66)85-72)49-31-35-64-69(43-49)84-81(80-65-29-15-16-30-70(65)87-83(64)80)67-37-33-52(46-74(67)88-84)78-59-27-13-9-23-55(59)76(48-19-5-2-6-20-48)56-24-10-14-28-60(56)78/h1-3,5-17,19-43,45-46,68H,4,18,44H2. The smallest absolute Gasteiger partial charge is 0.144 e. The van der Waals surface area contributed by atoms with Crippen LogP contribution in [-0.2, 0) is 0 Å². The molecule has 410 valence electrons. The van der Waals surface area contributed by atoms with Gasteiger partial charge in [-0.25, -0.2) is 0 Å². The third-order valence-electron chi connectivity index (χ3n) is 19.7. The molecule has 4 nitrogen and oxygen atoms in total. The van der Waals surface area contributed by atoms with Crippen LogP contribution in [0.25, 0.3) is 175 Å². The highest BCUT2D eigenvalue weighted by Crippen LogP contribution is 2.55. The summed E-state index contributed by atoms with van der Waals surface area (Å²) in [5.41, 5.74) is 18.6. The number of ether oxygens (including phenoxy) is 1. The Morgan fingerprint density at radius 2 is 0.818 bits per heavy atom. The van der Waals surface area contributed by atoms with Gasteiger partial charge in [0, 0.05) is 60.0 Å². The van der Waals surface area contributed by atoms with Crippen LogP contribution in [0.2, 0.25) is 0 Å². The lowest BCUT2D eigenvalue weighted by Crippen LogP contribution is -2.06. The zero-order valence-electron chi connectivity index (χ0n) is 47.7. The van der Waals surface area contributed by atoms with E-state index in [1.807, 2.05) is 6.07 Å². The number of furan rings is 3. The Morgan fingerprint density at radius 1 is 0.307 bits per heavy atom. The number of fused-ring (bicyclic) bond motifs is 23. The summed E-state index contributed by atoms with van der Waals surface area (Å²) in [6.07, 6.45) is 14.3. The van der Waals surface area contributed by atoms with E-state index in [9.17, 15) is 0 Å². The molecule has 3 aromatic heterocycles. The van der Waals surface area contributed by atoms with Crippen molar-refractivity contribution < 1.29 is 18.0 Å². The summed E-state index contributed by atoms with van der Waals surface area (Å²) in [5.74, 6) is 2.06. The Kier molecular flexibility index (Phi) is 9.92. The first-order chi connectivity index (χ1) is 43.6. The molecule has 0 amide bonds. The molecule has 0 saturated carbocycles. The number of para-hydroxylation sites is 1. The molecule has 4 heteroatoms. The molecule has 17 aromatic rings. The van der Waals surface area contributed by atoms with Gasteiger partial charge in [0.1, 0.15) is 45.0 Å². The largest absolute Gasteiger partial charge is 0.460 e. The lowest BCUT2D eigenvalue weighted by atomic mass is 9.79. The number of benzene rings is 14. The molecule has 20 rings (SSSR count). The predicted octanol–water partition coefficient (Wildman–Crippen LogP) is 23.9. The monoisotopic (exact) mass is 1120 g/mol. The van der Waals surface area contributed by atoms with Crippen molar-refractivity contribution in [2.45, 2.75) is 25.2 Å². The van der Waals surface area contributed by atoms with Crippen molar-refractivity contribution in [3.05, 3.63) is 283 Å². The minimum Gasteiger partial charge on any atom is -0.460 e. The van der Waals surface area contributed by atoms with Gasteiger partial charge in [-0.05, 0) is 184 Å². The van der Waals surface area contributed by atoms with Crippen molar-refractivity contribution in [3.63, 3.8) is 0 Å². The van der Waals surface area contributed by atoms with E-state index in [0.717, 1.165) is 135 Å². The van der Waals surface area contributed by atoms with E-state index >= 15 is 0 Å². The van der Waals surface area contributed by atoms with Gasteiger partial charge < -0.3 is 18.0 Å². The molecule has 1 aliphatic heterocycles. The van der Waals surface area contributed by atoms with E-state index in [0.29, 0.717) is 0 Å². The lowest BCUT2D eigenvalue weighted by molar-refractivity contribution is 0.430. The molecule has 0 spiro atoms. The van der Waals surface area contributed by atoms with Gasteiger partial charge >= 0.3 is 0 Å². The molecule has 2 aliphatic carbocycles. The topological polar surface area (TPSA) is 48.7 Å². The molecule has 4 heterocycles. The SMILES string of the molecule is C1=CCCC(c2c3ccccc3c(C3=CC=C4Oc5c(ccc6c5ccc5oc7cc(-c8ccc9c(c8)c8oc%10cc(-c%11c%12ccccc%12c(-c%12ccccc%12)c%12ccccc%11%12)ccc%10c8c8c%10ccccc%10oc98)ccc7c56)C4C3)c3ccccc23)=C1. The Hall–Kier alpha value is -11.2. The maximum absolute atomic E-state index is 7.28. The molecular formula is C84H50O4. The van der Waals surface area contributed by atoms with E-state index in [2.05, 4.69) is 255 Å². The molecule has 88 heavy (non-hydrogen) atoms. The molecule has 0 bridgehead atoms. The maximum Gasteiger partial charge on any atom is 0.144 e. The Balaban J connectivity index is 0.695. The number of hydrogen-bond donors (Lipinski definition) is 0. The van der Waals surface area contributed by atoms with Gasteiger partial charge in [0.2, 0.25) is 0 Å². The van der Waals surface area contributed by atoms with Crippen molar-refractivity contribution in [2.24, 2.45) is 0 Å². The second-order valence-corrected chi connectivity index (χ2v) is 24.2. The summed E-state index contributed by atoms with van der Waals surface area (Å²) in [6, 6.07) is 83.9. The molecule has 0 saturated heterocycles. The molecule has 1 unspecified atom stereocenters. The van der Waals surface area contributed by atoms with Gasteiger partial charge in [-0.15, -0.1) is 0 Å². The summed E-state index contributed by atoms with van der Waals surface area (Å²) in [6.45, 7) is 0. The van der Waals surface area contributed by atoms with Crippen LogP contribution in [0.3, 0.4) is 0 Å². The summed E-state index contributed by atoms with van der Waals surface area (Å²) >= 11 is 0. The van der Waals surface area contributed by atoms with Gasteiger partial charge in [-0.1, -0.05) is 200 Å². The highest BCUT2D eigenvalue weighted by molar-refractivity contribution is 6.35. The minimum atomic E-state index is 0.107. The van der Waals surface area contributed by atoms with Gasteiger partial charge in [0.25, 0.3) is 0 Å². The third kappa shape index (κ3) is 6.74. The van der Waals surface area contributed by atoms with Crippen LogP contribution in [0.15, 0.2) is 280 Å². The van der Waals surface area contributed by atoms with Crippen LogP contribution >= 0.6 is 0 Å². The van der Waals surface area contributed by atoms with Crippen LogP contribution < -0.4 is 4.74 Å². The summed E-state index contributed by atoms with van der Waals surface area (Å²) < 4.78 is 27.9. The zero-order chi connectivity index (χ0) is 57.3. The van der Waals surface area contributed by atoms with Gasteiger partial charge in [0.15, 0.2) is 0 Å². The summed E-state index contributed by atoms with van der Waals surface area (Å²) in [7, 11) is 0. The average molecular weight is 1120 g/mol. The third-order valence-corrected chi connectivity index (χ3v) is 19.7. The Morgan fingerprint density at radius 3 is 1.50 bits per heavy atom. The van der Waals surface area contributed by atoms with Gasteiger partial charge in [0.05, 0.1) is 0 Å². The van der Waals surface area contributed by atoms with Crippen LogP contribution in [0, 0.1) is 0 Å². The van der Waals surface area contributed by atoms with Crippen LogP contribution in [0.1, 0.15) is 41.9 Å². The van der Waals surface area contributed by atoms with E-state index < -0.39 is 0 Å². The first-order valence-corrected chi connectivity index (χ1v) is 30.7. The molecule has 14 aromatic carbocycles. The molecular weight excluding hydrogens is 1070 g/mol. The van der Waals surface area contributed by atoms with E-state index in [-0.39, 0.29) is 5.92 Å². The highest BCUT2D eigenvalue weighted by atomic mass is 16.5. The normalized spacial score (nSPS) is 15.0. The number of rotatable bonds is 5. The van der Waals surface area contributed by atoms with E-state index in [1.54, 1.807) is 0 Å². The van der Waals surface area contributed by atoms with Crippen LogP contribution in [0.5, 0.6) is 5.75 Å². The Bertz CT molecular complexity index is 6000. The summed E-state index contributed by atoms with van der Waals surface area (Å²) in [5, 5.41) is 20.7. The minimum absolute atomic E-state index is 0.107. The molecule has 0 N–H and O–H groups in total. The van der Waals surface area contributed by atoms with Gasteiger partial charge in [-0.2, -0.15) is 0 Å². The van der Waals surface area contributed by atoms with Crippen molar-refractivity contribution in [3.8, 4) is 39.1 Å². The average Bonchev–Trinajstić information content (AvgIpc) is 1.83. The Labute approximate surface area is 504 Å². The van der Waals surface area contributed by atoms with Crippen molar-refractivity contribution in [1.29, 1.82) is 0 Å². The van der Waals surface area contributed by atoms with E-state index in [1.165, 1.54) is 87.6 Å². The van der Waals surface area contributed by atoms with E-state index in [4.69, 9.17) is 18.0 Å². The molecule has 0 radical (unpaired) electrons. The molecule has 0 fully saturated rings. The van der Waals surface area contributed by atoms with Crippen molar-refractivity contribution in [2.75, 3.05) is 0 Å². The van der Waals surface area contributed by atoms with Crippen molar-refractivity contribution in [1.82, 2.24) is 0 Å². The van der Waals surface area contributed by atoms with Crippen LogP contribution in [0.4, 0.5) is 0 Å². The second kappa shape index (κ2) is 18.2. The molecule has 3 aliphatic rings. The maximum atomic E-state index is 7.28. The van der Waals surface area contributed by atoms with Gasteiger partial charge in [-0.3, -0.25) is 0 Å². The lowest BCUT2D eigenvalue weighted by Gasteiger charge is -2.24. The number of allylic oxidation sites excluding steroid dienone is 8.